The molecule has 2 aromatic heterocycles. The number of piperidine rings is 1. The highest BCUT2D eigenvalue weighted by Gasteiger charge is 2.43. The summed E-state index contributed by atoms with van der Waals surface area (Å²) in [6.07, 6.45) is 10.1. The fraction of sp³-hybridized carbons (Fsp3) is 0.429. The molecule has 2 fully saturated rings. The number of benzene rings is 1. The lowest BCUT2D eigenvalue weighted by Crippen LogP contribution is -2.29. The van der Waals surface area contributed by atoms with Gasteiger partial charge in [-0.05, 0) is 88.0 Å². The second kappa shape index (κ2) is 8.79. The second-order valence-electron chi connectivity index (χ2n) is 10.3. The molecule has 35 heavy (non-hydrogen) atoms. The van der Waals surface area contributed by atoms with Crippen molar-refractivity contribution in [2.45, 2.75) is 56.8 Å². The molecule has 2 aliphatic heterocycles. The highest BCUT2D eigenvalue weighted by atomic mass is 19.1. The third-order valence-electron chi connectivity index (χ3n) is 8.18. The second-order valence-corrected chi connectivity index (χ2v) is 10.3. The van der Waals surface area contributed by atoms with Gasteiger partial charge in [0.25, 0.3) is 0 Å². The lowest BCUT2D eigenvalue weighted by molar-refractivity contribution is 0.255. The Bertz CT molecular complexity index is 1270. The van der Waals surface area contributed by atoms with Crippen LogP contribution in [0.15, 0.2) is 47.7 Å². The van der Waals surface area contributed by atoms with Crippen molar-refractivity contribution in [3.8, 4) is 11.3 Å². The highest BCUT2D eigenvalue weighted by molar-refractivity contribution is 6.01. The quantitative estimate of drug-likeness (QED) is 0.495. The smallest absolute Gasteiger partial charge is 0.229 e. The van der Waals surface area contributed by atoms with E-state index < -0.39 is 5.82 Å². The highest BCUT2D eigenvalue weighted by Crippen LogP contribution is 2.51. The van der Waals surface area contributed by atoms with Gasteiger partial charge in [-0.1, -0.05) is 25.0 Å². The Morgan fingerprint density at radius 1 is 1.03 bits per heavy atom. The molecule has 1 spiro atoms. The van der Waals surface area contributed by atoms with Crippen LogP contribution >= 0.6 is 0 Å². The zero-order valence-electron chi connectivity index (χ0n) is 20.4. The number of anilines is 2. The fourth-order valence-corrected chi connectivity index (χ4v) is 6.06. The van der Waals surface area contributed by atoms with Gasteiger partial charge in [-0.3, -0.25) is 4.99 Å². The molecule has 1 saturated carbocycles. The monoisotopic (exact) mass is 470 g/mol. The Morgan fingerprint density at radius 2 is 1.83 bits per heavy atom. The van der Waals surface area contributed by atoms with Crippen LogP contribution in [0.3, 0.4) is 0 Å². The molecule has 0 radical (unpaired) electrons. The summed E-state index contributed by atoms with van der Waals surface area (Å²) in [7, 11) is 2.17. The van der Waals surface area contributed by atoms with Gasteiger partial charge in [-0.15, -0.1) is 0 Å². The van der Waals surface area contributed by atoms with Gasteiger partial charge in [0.05, 0.1) is 11.9 Å². The summed E-state index contributed by atoms with van der Waals surface area (Å²) in [6.45, 7) is 4.36. The van der Waals surface area contributed by atoms with Crippen molar-refractivity contribution in [2.75, 3.05) is 25.5 Å². The van der Waals surface area contributed by atoms with E-state index in [2.05, 4.69) is 51.3 Å². The van der Waals surface area contributed by atoms with Crippen LogP contribution in [0.1, 0.15) is 62.5 Å². The number of rotatable bonds is 4. The van der Waals surface area contributed by atoms with Gasteiger partial charge in [-0.2, -0.15) is 0 Å². The zero-order valence-corrected chi connectivity index (χ0v) is 20.4. The minimum Gasteiger partial charge on any atom is -0.309 e. The number of fused-ring (bicyclic) bond motifs is 2. The Balaban J connectivity index is 1.24. The Morgan fingerprint density at radius 3 is 2.57 bits per heavy atom. The number of hydrogen-bond donors (Lipinski definition) is 1. The van der Waals surface area contributed by atoms with Crippen LogP contribution in [0.5, 0.6) is 0 Å². The van der Waals surface area contributed by atoms with Crippen molar-refractivity contribution in [3.05, 3.63) is 59.7 Å². The summed E-state index contributed by atoms with van der Waals surface area (Å²) in [5, 5.41) is 3.16. The topological polar surface area (TPSA) is 66.3 Å². The maximum atomic E-state index is 14.9. The van der Waals surface area contributed by atoms with E-state index in [1.54, 1.807) is 0 Å². The SMILES string of the molecule is CC1=Nc2ccc(-c3nc(Nc4ccc(C5CCN(C)CC5)cn4)ncc3F)cc2C12CCCC2. The van der Waals surface area contributed by atoms with Gasteiger partial charge in [0.1, 0.15) is 11.5 Å². The van der Waals surface area contributed by atoms with E-state index in [0.717, 1.165) is 50.0 Å². The van der Waals surface area contributed by atoms with Crippen LogP contribution in [0.2, 0.25) is 0 Å². The third kappa shape index (κ3) is 4.01. The van der Waals surface area contributed by atoms with Gasteiger partial charge in [0, 0.05) is 22.9 Å². The van der Waals surface area contributed by atoms with Gasteiger partial charge in [0.2, 0.25) is 5.95 Å². The van der Waals surface area contributed by atoms with E-state index in [9.17, 15) is 4.39 Å². The average Bonchev–Trinajstić information content (AvgIpc) is 3.47. The largest absolute Gasteiger partial charge is 0.309 e. The Kier molecular flexibility index (Phi) is 5.60. The van der Waals surface area contributed by atoms with Crippen LogP contribution < -0.4 is 5.32 Å². The molecule has 1 aromatic carbocycles. The number of nitrogens with one attached hydrogen (secondary N) is 1. The normalized spacial score (nSPS) is 19.7. The molecule has 3 aliphatic rings. The molecular weight excluding hydrogens is 439 g/mol. The number of halogens is 1. The van der Waals surface area contributed by atoms with E-state index in [1.165, 1.54) is 35.9 Å². The molecule has 1 aliphatic carbocycles. The minimum atomic E-state index is -0.433. The van der Waals surface area contributed by atoms with Crippen molar-refractivity contribution >= 4 is 23.2 Å². The summed E-state index contributed by atoms with van der Waals surface area (Å²) < 4.78 is 14.9. The van der Waals surface area contributed by atoms with Gasteiger partial charge >= 0.3 is 0 Å². The van der Waals surface area contributed by atoms with Crippen molar-refractivity contribution < 1.29 is 4.39 Å². The maximum absolute atomic E-state index is 14.9. The average molecular weight is 471 g/mol. The number of nitrogens with zero attached hydrogens (tertiary/aromatic N) is 5. The number of pyridine rings is 1. The predicted molar refractivity (Wildman–Crippen MR) is 137 cm³/mol. The maximum Gasteiger partial charge on any atom is 0.229 e. The van der Waals surface area contributed by atoms with Gasteiger partial charge in [0.15, 0.2) is 5.82 Å². The molecule has 6 nitrogen and oxygen atoms in total. The van der Waals surface area contributed by atoms with Crippen molar-refractivity contribution in [3.63, 3.8) is 0 Å². The molecule has 0 bridgehead atoms. The summed E-state index contributed by atoms with van der Waals surface area (Å²) in [4.78, 5) is 20.5. The third-order valence-corrected chi connectivity index (χ3v) is 8.18. The molecular formula is C28H31FN6. The van der Waals surface area contributed by atoms with Crippen LogP contribution in [-0.4, -0.2) is 45.7 Å². The van der Waals surface area contributed by atoms with E-state index in [-0.39, 0.29) is 5.41 Å². The molecule has 180 valence electrons. The molecule has 0 amide bonds. The van der Waals surface area contributed by atoms with E-state index >= 15 is 0 Å². The van der Waals surface area contributed by atoms with E-state index in [4.69, 9.17) is 4.99 Å². The zero-order chi connectivity index (χ0) is 24.0. The van der Waals surface area contributed by atoms with Gasteiger partial charge in [-0.25, -0.2) is 19.3 Å². The van der Waals surface area contributed by atoms with E-state index in [0.29, 0.717) is 23.4 Å². The molecule has 0 atom stereocenters. The van der Waals surface area contributed by atoms with Crippen LogP contribution in [0.4, 0.5) is 21.8 Å². The summed E-state index contributed by atoms with van der Waals surface area (Å²) >= 11 is 0. The molecule has 3 aromatic rings. The van der Waals surface area contributed by atoms with Crippen LogP contribution in [0, 0.1) is 5.82 Å². The molecule has 0 unspecified atom stereocenters. The van der Waals surface area contributed by atoms with Crippen LogP contribution in [0.25, 0.3) is 11.3 Å². The lowest BCUT2D eigenvalue weighted by Gasteiger charge is -2.29. The van der Waals surface area contributed by atoms with E-state index in [1.807, 2.05) is 24.4 Å². The molecule has 1 saturated heterocycles. The Hall–Kier alpha value is -3.19. The molecule has 6 rings (SSSR count). The lowest BCUT2D eigenvalue weighted by atomic mass is 9.76. The summed E-state index contributed by atoms with van der Waals surface area (Å²) in [5.41, 5.74) is 5.73. The van der Waals surface area contributed by atoms with Crippen molar-refractivity contribution in [1.29, 1.82) is 0 Å². The number of likely N-dealkylation sites (tertiary alicyclic amines) is 1. The first-order valence-corrected chi connectivity index (χ1v) is 12.7. The first-order valence-electron chi connectivity index (χ1n) is 12.7. The van der Waals surface area contributed by atoms with Gasteiger partial charge < -0.3 is 10.2 Å². The molecule has 1 N–H and O–H groups in total. The first-order chi connectivity index (χ1) is 17.0. The molecule has 7 heteroatoms. The number of aromatic nitrogens is 3. The standard InChI is InChI=1S/C28H31FN6/c1-18-28(11-3-4-12-28)22-15-20(5-7-24(22)32-18)26-23(29)17-31-27(34-26)33-25-8-6-21(16-30-25)19-9-13-35(2)14-10-19/h5-8,15-17,19H,3-4,9-14H2,1-2H3,(H,30,31,33,34). The molecule has 4 heterocycles. The van der Waals surface area contributed by atoms with Crippen molar-refractivity contribution in [2.24, 2.45) is 4.99 Å². The predicted octanol–water partition coefficient (Wildman–Crippen LogP) is 6.15. The Labute approximate surface area is 205 Å². The minimum absolute atomic E-state index is 0.00927. The summed E-state index contributed by atoms with van der Waals surface area (Å²) in [6, 6.07) is 10.1. The fourth-order valence-electron chi connectivity index (χ4n) is 6.06. The van der Waals surface area contributed by atoms with Crippen LogP contribution in [-0.2, 0) is 5.41 Å². The van der Waals surface area contributed by atoms with Crippen molar-refractivity contribution in [1.82, 2.24) is 19.9 Å². The number of hydrogen-bond acceptors (Lipinski definition) is 6. The first kappa shape index (κ1) is 22.3. The summed E-state index contributed by atoms with van der Waals surface area (Å²) in [5.74, 6) is 1.11. The number of aliphatic imine (C=N–C) groups is 1.